The normalized spacial score (nSPS) is 11.5. The lowest BCUT2D eigenvalue weighted by Gasteiger charge is -2.30. The summed E-state index contributed by atoms with van der Waals surface area (Å²) in [6.45, 7) is 0. The minimum atomic E-state index is 0.876. The molecule has 2 aromatic heterocycles. The lowest BCUT2D eigenvalue weighted by Crippen LogP contribution is -2.12. The van der Waals surface area contributed by atoms with Crippen LogP contribution < -0.4 is 4.90 Å². The van der Waals surface area contributed by atoms with Crippen LogP contribution in [0.2, 0.25) is 0 Å². The third-order valence-corrected chi connectivity index (χ3v) is 12.4. The molecule has 3 heteroatoms. The maximum Gasteiger partial charge on any atom is 0.136 e. The van der Waals surface area contributed by atoms with Crippen molar-refractivity contribution in [1.82, 2.24) is 4.57 Å². The van der Waals surface area contributed by atoms with Crippen molar-refractivity contribution in [2.24, 2.45) is 0 Å². The highest BCUT2D eigenvalue weighted by Crippen LogP contribution is 2.46. The summed E-state index contributed by atoms with van der Waals surface area (Å²) in [5.41, 5.74) is 17.6. The lowest BCUT2D eigenvalue weighted by atomic mass is 9.96. The van der Waals surface area contributed by atoms with Crippen molar-refractivity contribution >= 4 is 60.8 Å². The summed E-state index contributed by atoms with van der Waals surface area (Å²) in [4.78, 5) is 2.41. The fraction of sp³-hybridized carbons (Fsp3) is 0. The second-order valence-corrected chi connectivity index (χ2v) is 16.1. The van der Waals surface area contributed by atoms with Crippen LogP contribution in [-0.4, -0.2) is 4.57 Å². The zero-order valence-electron chi connectivity index (χ0n) is 34.4. The molecule has 2 heterocycles. The molecule has 3 nitrogen and oxygen atoms in total. The first-order valence-corrected chi connectivity index (χ1v) is 21.5. The molecule has 63 heavy (non-hydrogen) atoms. The van der Waals surface area contributed by atoms with Crippen LogP contribution in [0.3, 0.4) is 0 Å². The van der Waals surface area contributed by atoms with Gasteiger partial charge in [-0.3, -0.25) is 0 Å². The van der Waals surface area contributed by atoms with E-state index in [0.717, 1.165) is 78.1 Å². The smallest absolute Gasteiger partial charge is 0.136 e. The van der Waals surface area contributed by atoms with E-state index in [1.54, 1.807) is 0 Å². The van der Waals surface area contributed by atoms with Crippen LogP contribution in [0.25, 0.3) is 93.9 Å². The molecule has 0 aliphatic carbocycles. The highest BCUT2D eigenvalue weighted by atomic mass is 16.3. The molecule has 0 amide bonds. The van der Waals surface area contributed by atoms with Gasteiger partial charge in [-0.15, -0.1) is 0 Å². The van der Waals surface area contributed by atoms with Crippen LogP contribution in [0.15, 0.2) is 247 Å². The van der Waals surface area contributed by atoms with Crippen LogP contribution in [0, 0.1) is 0 Å². The Balaban J connectivity index is 1.05. The highest BCUT2D eigenvalue weighted by Gasteiger charge is 2.22. The number of hydrogen-bond acceptors (Lipinski definition) is 2. The highest BCUT2D eigenvalue weighted by molar-refractivity contribution is 6.10. The molecule has 12 rings (SSSR count). The number of nitrogens with zero attached hydrogens (tertiary/aromatic N) is 2. The number of para-hydroxylation sites is 5. The summed E-state index contributed by atoms with van der Waals surface area (Å²) in [7, 11) is 0. The summed E-state index contributed by atoms with van der Waals surface area (Å²) in [6.07, 6.45) is 0. The number of furan rings is 1. The third kappa shape index (κ3) is 6.29. The average molecular weight is 805 g/mol. The molecule has 0 unspecified atom stereocenters. The summed E-state index contributed by atoms with van der Waals surface area (Å²) in [5, 5.41) is 4.73. The maximum absolute atomic E-state index is 6.42. The second kappa shape index (κ2) is 15.3. The lowest BCUT2D eigenvalue weighted by molar-refractivity contribution is 0.669. The number of aromatic nitrogens is 1. The van der Waals surface area contributed by atoms with E-state index in [1.807, 2.05) is 12.1 Å². The third-order valence-electron chi connectivity index (χ3n) is 12.4. The number of rotatable bonds is 8. The maximum atomic E-state index is 6.42. The zero-order chi connectivity index (χ0) is 41.7. The van der Waals surface area contributed by atoms with Gasteiger partial charge in [-0.2, -0.15) is 0 Å². The predicted molar refractivity (Wildman–Crippen MR) is 264 cm³/mol. The Bertz CT molecular complexity index is 3570. The number of fused-ring (bicyclic) bond motifs is 6. The van der Waals surface area contributed by atoms with Gasteiger partial charge in [0.1, 0.15) is 11.2 Å². The van der Waals surface area contributed by atoms with E-state index in [-0.39, 0.29) is 0 Å². The van der Waals surface area contributed by atoms with Crippen LogP contribution in [0.5, 0.6) is 0 Å². The summed E-state index contributed by atoms with van der Waals surface area (Å²) in [5.74, 6) is 0. The average Bonchev–Trinajstić information content (AvgIpc) is 3.90. The van der Waals surface area contributed by atoms with Gasteiger partial charge in [0.25, 0.3) is 0 Å². The van der Waals surface area contributed by atoms with Crippen molar-refractivity contribution in [3.05, 3.63) is 243 Å². The van der Waals surface area contributed by atoms with Gasteiger partial charge in [-0.25, -0.2) is 0 Å². The van der Waals surface area contributed by atoms with Gasteiger partial charge in [0.2, 0.25) is 0 Å². The fourth-order valence-electron chi connectivity index (χ4n) is 9.49. The van der Waals surface area contributed by atoms with Gasteiger partial charge in [-0.1, -0.05) is 182 Å². The fourth-order valence-corrected chi connectivity index (χ4v) is 9.49. The van der Waals surface area contributed by atoms with Crippen molar-refractivity contribution in [1.29, 1.82) is 0 Å². The minimum absolute atomic E-state index is 0.876. The molecule has 0 atom stereocenters. The van der Waals surface area contributed by atoms with E-state index in [9.17, 15) is 0 Å². The van der Waals surface area contributed by atoms with E-state index in [2.05, 4.69) is 240 Å². The Morgan fingerprint density at radius 2 is 0.794 bits per heavy atom. The molecule has 0 fully saturated rings. The van der Waals surface area contributed by atoms with Gasteiger partial charge < -0.3 is 13.9 Å². The minimum Gasteiger partial charge on any atom is -0.456 e. The molecule has 10 aromatic carbocycles. The standard InChI is InChI=1S/C60H40N2O/c1-3-17-41(18-4-1)44-33-37-49(58(39-44)62-56-28-14-9-23-50(56)51-24-10-15-29-57(51)62)43-31-35-46(36-32-43)61(54-26-12-7-21-47(54)42-19-5-2-6-20-42)55-27-13-8-22-48(55)45-34-38-53-52-25-11-16-30-59(52)63-60(53)40-45/h1-40H. The number of benzene rings is 10. The van der Waals surface area contributed by atoms with Gasteiger partial charge >= 0.3 is 0 Å². The molecule has 0 radical (unpaired) electrons. The molecular formula is C60H40N2O. The van der Waals surface area contributed by atoms with E-state index in [0.29, 0.717) is 0 Å². The molecule has 0 saturated carbocycles. The van der Waals surface area contributed by atoms with Gasteiger partial charge in [0, 0.05) is 43.9 Å². The Labute approximate surface area is 366 Å². The van der Waals surface area contributed by atoms with Crippen molar-refractivity contribution in [3.63, 3.8) is 0 Å². The molecular weight excluding hydrogens is 765 g/mol. The molecule has 12 aromatic rings. The molecule has 0 aliphatic rings. The van der Waals surface area contributed by atoms with Crippen LogP contribution in [-0.2, 0) is 0 Å². The monoisotopic (exact) mass is 804 g/mol. The van der Waals surface area contributed by atoms with E-state index < -0.39 is 0 Å². The van der Waals surface area contributed by atoms with Crippen molar-refractivity contribution in [2.45, 2.75) is 0 Å². The Morgan fingerprint density at radius 1 is 0.302 bits per heavy atom. The Kier molecular flexibility index (Phi) is 8.83. The summed E-state index contributed by atoms with van der Waals surface area (Å²) in [6, 6.07) is 87.2. The topological polar surface area (TPSA) is 21.3 Å². The number of anilines is 3. The SMILES string of the molecule is c1ccc(-c2ccc(-c3ccc(N(c4ccccc4-c4ccccc4)c4ccccc4-c4ccc5c(c4)oc4ccccc45)cc3)c(-n3c4ccccc4c4ccccc43)c2)cc1. The van der Waals surface area contributed by atoms with Crippen LogP contribution in [0.1, 0.15) is 0 Å². The first kappa shape index (κ1) is 36.5. The van der Waals surface area contributed by atoms with E-state index in [1.165, 1.54) is 32.9 Å². The van der Waals surface area contributed by atoms with Crippen LogP contribution >= 0.6 is 0 Å². The van der Waals surface area contributed by atoms with Gasteiger partial charge in [0.05, 0.1) is 28.1 Å². The Hall–Kier alpha value is -8.40. The van der Waals surface area contributed by atoms with E-state index >= 15 is 0 Å². The van der Waals surface area contributed by atoms with Crippen molar-refractivity contribution in [2.75, 3.05) is 4.90 Å². The zero-order valence-corrected chi connectivity index (χ0v) is 34.4. The van der Waals surface area contributed by atoms with Crippen molar-refractivity contribution < 1.29 is 4.42 Å². The summed E-state index contributed by atoms with van der Waals surface area (Å²) >= 11 is 0. The molecule has 296 valence electrons. The van der Waals surface area contributed by atoms with Gasteiger partial charge in [0.15, 0.2) is 0 Å². The molecule has 0 bridgehead atoms. The quantitative estimate of drug-likeness (QED) is 0.153. The number of hydrogen-bond donors (Lipinski definition) is 0. The molecule has 0 N–H and O–H groups in total. The van der Waals surface area contributed by atoms with Crippen LogP contribution in [0.4, 0.5) is 17.1 Å². The molecule has 0 spiro atoms. The summed E-state index contributed by atoms with van der Waals surface area (Å²) < 4.78 is 8.86. The second-order valence-electron chi connectivity index (χ2n) is 16.1. The van der Waals surface area contributed by atoms with Gasteiger partial charge in [-0.05, 0) is 88.5 Å². The first-order valence-electron chi connectivity index (χ1n) is 21.5. The predicted octanol–water partition coefficient (Wildman–Crippen LogP) is 16.8. The molecule has 0 aliphatic heterocycles. The van der Waals surface area contributed by atoms with Crippen molar-refractivity contribution in [3.8, 4) is 50.2 Å². The Morgan fingerprint density at radius 3 is 1.48 bits per heavy atom. The first-order chi connectivity index (χ1) is 31.3. The van der Waals surface area contributed by atoms with E-state index in [4.69, 9.17) is 4.42 Å². The molecule has 0 saturated heterocycles. The largest absolute Gasteiger partial charge is 0.456 e.